The first kappa shape index (κ1) is 19.1. The van der Waals surface area contributed by atoms with Gasteiger partial charge in [0.25, 0.3) is 0 Å². The van der Waals surface area contributed by atoms with E-state index in [-0.39, 0.29) is 24.0 Å². The summed E-state index contributed by atoms with van der Waals surface area (Å²) in [7, 11) is 1.82. The fourth-order valence-corrected chi connectivity index (χ4v) is 3.73. The lowest BCUT2D eigenvalue weighted by Crippen LogP contribution is -2.42. The van der Waals surface area contributed by atoms with Crippen LogP contribution < -0.4 is 15.5 Å². The highest BCUT2D eigenvalue weighted by Gasteiger charge is 2.24. The summed E-state index contributed by atoms with van der Waals surface area (Å²) in [5, 5.41) is 11.0. The topological polar surface area (TPSA) is 39.7 Å². The molecule has 1 aromatic carbocycles. The Balaban J connectivity index is 0.00000208. The van der Waals surface area contributed by atoms with Crippen LogP contribution in [0.5, 0.6) is 0 Å². The van der Waals surface area contributed by atoms with Gasteiger partial charge in [0.15, 0.2) is 5.96 Å². The number of para-hydroxylation sites is 1. The number of hydrogen-bond acceptors (Lipinski definition) is 3. The predicted octanol–water partition coefficient (Wildman–Crippen LogP) is 3.48. The SMILES string of the molecule is CN=C(NCCN1c2ccccc2CC1C)NCc1ccsc1.I. The zero-order valence-corrected chi connectivity index (χ0v) is 17.3. The van der Waals surface area contributed by atoms with Gasteiger partial charge in [-0.1, -0.05) is 18.2 Å². The molecule has 2 N–H and O–H groups in total. The lowest BCUT2D eigenvalue weighted by molar-refractivity contribution is 0.656. The molecule has 0 fully saturated rings. The summed E-state index contributed by atoms with van der Waals surface area (Å²) in [5.74, 6) is 0.858. The van der Waals surface area contributed by atoms with Gasteiger partial charge in [-0.15, -0.1) is 24.0 Å². The number of fused-ring (bicyclic) bond motifs is 1. The smallest absolute Gasteiger partial charge is 0.191 e. The number of thiophene rings is 1. The Labute approximate surface area is 165 Å². The average Bonchev–Trinajstić information content (AvgIpc) is 3.18. The number of halogens is 1. The van der Waals surface area contributed by atoms with Crippen LogP contribution in [0.4, 0.5) is 5.69 Å². The Morgan fingerprint density at radius 1 is 1.29 bits per heavy atom. The van der Waals surface area contributed by atoms with E-state index in [1.54, 1.807) is 11.3 Å². The summed E-state index contributed by atoms with van der Waals surface area (Å²) >= 11 is 1.72. The minimum Gasteiger partial charge on any atom is -0.367 e. The van der Waals surface area contributed by atoms with Crippen molar-refractivity contribution < 1.29 is 0 Å². The third kappa shape index (κ3) is 4.63. The third-order valence-electron chi connectivity index (χ3n) is 4.26. The molecule has 1 aromatic heterocycles. The van der Waals surface area contributed by atoms with Crippen molar-refractivity contribution in [2.75, 3.05) is 25.0 Å². The number of benzene rings is 1. The number of aliphatic imine (C=N–C) groups is 1. The molecule has 6 heteroatoms. The number of rotatable bonds is 5. The summed E-state index contributed by atoms with van der Waals surface area (Å²) in [5.41, 5.74) is 4.13. The largest absolute Gasteiger partial charge is 0.367 e. The van der Waals surface area contributed by atoms with Gasteiger partial charge in [0.05, 0.1) is 0 Å². The molecule has 0 aliphatic carbocycles. The van der Waals surface area contributed by atoms with Gasteiger partial charge in [0.2, 0.25) is 0 Å². The van der Waals surface area contributed by atoms with Crippen LogP contribution in [0.2, 0.25) is 0 Å². The van der Waals surface area contributed by atoms with Gasteiger partial charge < -0.3 is 15.5 Å². The van der Waals surface area contributed by atoms with E-state index in [2.05, 4.69) is 68.5 Å². The predicted molar refractivity (Wildman–Crippen MR) is 115 cm³/mol. The van der Waals surface area contributed by atoms with Crippen LogP contribution in [-0.2, 0) is 13.0 Å². The van der Waals surface area contributed by atoms with Gasteiger partial charge >= 0.3 is 0 Å². The van der Waals surface area contributed by atoms with Crippen LogP contribution in [0.3, 0.4) is 0 Å². The maximum Gasteiger partial charge on any atom is 0.191 e. The average molecular weight is 456 g/mol. The van der Waals surface area contributed by atoms with E-state index in [0.717, 1.165) is 32.0 Å². The first-order valence-electron chi connectivity index (χ1n) is 8.08. The molecule has 0 radical (unpaired) electrons. The number of nitrogens with zero attached hydrogens (tertiary/aromatic N) is 2. The van der Waals surface area contributed by atoms with Gasteiger partial charge in [0.1, 0.15) is 0 Å². The van der Waals surface area contributed by atoms with E-state index in [4.69, 9.17) is 0 Å². The molecule has 2 aromatic rings. The van der Waals surface area contributed by atoms with Crippen molar-refractivity contribution in [3.8, 4) is 0 Å². The quantitative estimate of drug-likeness (QED) is 0.411. The summed E-state index contributed by atoms with van der Waals surface area (Å²) < 4.78 is 0. The molecular formula is C18H25IN4S. The summed E-state index contributed by atoms with van der Waals surface area (Å²) in [6, 6.07) is 11.4. The summed E-state index contributed by atoms with van der Waals surface area (Å²) in [6.07, 6.45) is 1.14. The molecule has 0 amide bonds. The normalized spacial score (nSPS) is 16.5. The maximum absolute atomic E-state index is 4.29. The fourth-order valence-electron chi connectivity index (χ4n) is 3.06. The summed E-state index contributed by atoms with van der Waals surface area (Å²) in [4.78, 5) is 6.77. The number of hydrogen-bond donors (Lipinski definition) is 2. The molecule has 1 aliphatic rings. The monoisotopic (exact) mass is 456 g/mol. The van der Waals surface area contributed by atoms with Crippen molar-refractivity contribution >= 4 is 47.0 Å². The van der Waals surface area contributed by atoms with E-state index in [9.17, 15) is 0 Å². The second-order valence-corrected chi connectivity index (χ2v) is 6.64. The van der Waals surface area contributed by atoms with Crippen LogP contribution in [0.1, 0.15) is 18.1 Å². The van der Waals surface area contributed by atoms with Crippen molar-refractivity contribution in [2.45, 2.75) is 25.9 Å². The minimum absolute atomic E-state index is 0. The van der Waals surface area contributed by atoms with Gasteiger partial charge in [0, 0.05) is 38.4 Å². The Hall–Kier alpha value is -1.28. The zero-order valence-electron chi connectivity index (χ0n) is 14.2. The van der Waals surface area contributed by atoms with Crippen LogP contribution in [0, 0.1) is 0 Å². The minimum atomic E-state index is 0. The molecule has 0 bridgehead atoms. The number of nitrogens with one attached hydrogen (secondary N) is 2. The van der Waals surface area contributed by atoms with Crippen LogP contribution in [0.25, 0.3) is 0 Å². The van der Waals surface area contributed by atoms with Gasteiger partial charge in [-0.25, -0.2) is 0 Å². The highest BCUT2D eigenvalue weighted by atomic mass is 127. The molecule has 130 valence electrons. The van der Waals surface area contributed by atoms with Crippen LogP contribution >= 0.6 is 35.3 Å². The Bertz CT molecular complexity index is 657. The Morgan fingerprint density at radius 3 is 2.88 bits per heavy atom. The highest BCUT2D eigenvalue weighted by Crippen LogP contribution is 2.31. The highest BCUT2D eigenvalue weighted by molar-refractivity contribution is 14.0. The molecule has 1 aliphatic heterocycles. The molecule has 1 unspecified atom stereocenters. The Kier molecular flexibility index (Phi) is 7.36. The van der Waals surface area contributed by atoms with Crippen molar-refractivity contribution in [2.24, 2.45) is 4.99 Å². The second kappa shape index (κ2) is 9.27. The van der Waals surface area contributed by atoms with E-state index in [0.29, 0.717) is 6.04 Å². The van der Waals surface area contributed by atoms with E-state index in [1.165, 1.54) is 16.8 Å². The van der Waals surface area contributed by atoms with Gasteiger partial charge in [-0.05, 0) is 47.4 Å². The standard InChI is InChI=1S/C18H24N4S.HI/c1-14-11-16-5-3-4-6-17(16)22(14)9-8-20-18(19-2)21-12-15-7-10-23-13-15;/h3-7,10,13-14H,8-9,11-12H2,1-2H3,(H2,19,20,21);1H. The molecule has 3 rings (SSSR count). The van der Waals surface area contributed by atoms with E-state index >= 15 is 0 Å². The molecule has 24 heavy (non-hydrogen) atoms. The summed E-state index contributed by atoms with van der Waals surface area (Å²) in [6.45, 7) is 4.97. The molecule has 0 saturated carbocycles. The van der Waals surface area contributed by atoms with Crippen LogP contribution in [0.15, 0.2) is 46.1 Å². The molecule has 0 spiro atoms. The maximum atomic E-state index is 4.29. The zero-order chi connectivity index (χ0) is 16.1. The van der Waals surface area contributed by atoms with Crippen molar-refractivity contribution in [1.82, 2.24) is 10.6 Å². The molecular weight excluding hydrogens is 431 g/mol. The first-order valence-corrected chi connectivity index (χ1v) is 9.02. The molecule has 1 atom stereocenters. The fraction of sp³-hybridized carbons (Fsp3) is 0.389. The number of guanidine groups is 1. The second-order valence-electron chi connectivity index (χ2n) is 5.86. The van der Waals surface area contributed by atoms with Crippen LogP contribution in [-0.4, -0.2) is 32.1 Å². The number of anilines is 1. The molecule has 4 nitrogen and oxygen atoms in total. The van der Waals surface area contributed by atoms with E-state index < -0.39 is 0 Å². The van der Waals surface area contributed by atoms with Crippen molar-refractivity contribution in [3.63, 3.8) is 0 Å². The molecule has 0 saturated heterocycles. The Morgan fingerprint density at radius 2 is 2.12 bits per heavy atom. The first-order chi connectivity index (χ1) is 11.3. The lowest BCUT2D eigenvalue weighted by Gasteiger charge is -2.25. The van der Waals surface area contributed by atoms with Crippen molar-refractivity contribution in [3.05, 3.63) is 52.2 Å². The lowest BCUT2D eigenvalue weighted by atomic mass is 10.1. The molecule has 2 heterocycles. The third-order valence-corrected chi connectivity index (χ3v) is 4.99. The van der Waals surface area contributed by atoms with Gasteiger partial charge in [-0.3, -0.25) is 4.99 Å². The van der Waals surface area contributed by atoms with E-state index in [1.807, 2.05) is 7.05 Å². The van der Waals surface area contributed by atoms with Gasteiger partial charge in [-0.2, -0.15) is 11.3 Å². The van der Waals surface area contributed by atoms with Crippen molar-refractivity contribution in [1.29, 1.82) is 0 Å².